The summed E-state index contributed by atoms with van der Waals surface area (Å²) in [7, 11) is -5.84. The SMILES string of the molecule is CCCCCCCCCCC.O=S(=O)(O)C(F)(F)F. The Bertz CT molecular complexity index is 279. The molecule has 0 rings (SSSR count). The summed E-state index contributed by atoms with van der Waals surface area (Å²) in [6.45, 7) is 4.55. The minimum absolute atomic E-state index is 1.37. The molecule has 19 heavy (non-hydrogen) atoms. The molecule has 0 unspecified atom stereocenters. The number of halogens is 3. The Morgan fingerprint density at radius 3 is 1.16 bits per heavy atom. The monoisotopic (exact) mass is 306 g/mol. The fraction of sp³-hybridized carbons (Fsp3) is 1.00. The first-order valence-corrected chi connectivity index (χ1v) is 8.14. The van der Waals surface area contributed by atoms with Gasteiger partial charge < -0.3 is 0 Å². The van der Waals surface area contributed by atoms with Crippen molar-refractivity contribution < 1.29 is 26.1 Å². The van der Waals surface area contributed by atoms with E-state index in [9.17, 15) is 13.2 Å². The molecule has 0 fully saturated rings. The maximum Gasteiger partial charge on any atom is 0.522 e. The van der Waals surface area contributed by atoms with Crippen molar-refractivity contribution in [3.8, 4) is 0 Å². The lowest BCUT2D eigenvalue weighted by Gasteiger charge is -1.98. The zero-order valence-electron chi connectivity index (χ0n) is 11.7. The highest BCUT2D eigenvalue weighted by molar-refractivity contribution is 7.86. The van der Waals surface area contributed by atoms with Gasteiger partial charge in [-0.3, -0.25) is 4.55 Å². The Hall–Kier alpha value is -0.300. The lowest BCUT2D eigenvalue weighted by Crippen LogP contribution is -2.21. The molecule has 3 nitrogen and oxygen atoms in total. The second-order valence-electron chi connectivity index (χ2n) is 4.40. The van der Waals surface area contributed by atoms with Crippen molar-refractivity contribution in [2.24, 2.45) is 0 Å². The highest BCUT2D eigenvalue weighted by atomic mass is 32.2. The maximum absolute atomic E-state index is 10.7. The summed E-state index contributed by atoms with van der Waals surface area (Å²) in [6, 6.07) is 0. The van der Waals surface area contributed by atoms with Gasteiger partial charge in [0, 0.05) is 0 Å². The van der Waals surface area contributed by atoms with Crippen LogP contribution >= 0.6 is 0 Å². The molecule has 0 spiro atoms. The topological polar surface area (TPSA) is 54.4 Å². The summed E-state index contributed by atoms with van der Waals surface area (Å²) >= 11 is 0. The summed E-state index contributed by atoms with van der Waals surface area (Å²) in [5, 5.41) is 0. The quantitative estimate of drug-likeness (QED) is 0.393. The maximum atomic E-state index is 10.7. The number of rotatable bonds is 8. The van der Waals surface area contributed by atoms with E-state index < -0.39 is 15.6 Å². The summed E-state index contributed by atoms with van der Waals surface area (Å²) in [5.74, 6) is 0. The molecular formula is C12H25F3O3S. The van der Waals surface area contributed by atoms with E-state index in [1.54, 1.807) is 0 Å². The van der Waals surface area contributed by atoms with Crippen molar-refractivity contribution in [2.75, 3.05) is 0 Å². The second kappa shape index (κ2) is 11.5. The molecule has 0 aliphatic heterocycles. The summed E-state index contributed by atoms with van der Waals surface area (Å²) in [6.07, 6.45) is 13.0. The predicted octanol–water partition coefficient (Wildman–Crippen LogP) is 4.93. The van der Waals surface area contributed by atoms with Crippen molar-refractivity contribution in [1.82, 2.24) is 0 Å². The molecule has 7 heteroatoms. The number of unbranched alkanes of at least 4 members (excludes halogenated alkanes) is 8. The molecule has 0 amide bonds. The molecular weight excluding hydrogens is 281 g/mol. The molecule has 0 aromatic carbocycles. The molecule has 0 aromatic heterocycles. The van der Waals surface area contributed by atoms with Crippen LogP contribution in [0.15, 0.2) is 0 Å². The zero-order valence-corrected chi connectivity index (χ0v) is 12.5. The molecule has 0 aromatic rings. The normalized spacial score (nSPS) is 11.9. The number of alkyl halides is 3. The van der Waals surface area contributed by atoms with Crippen LogP contribution < -0.4 is 0 Å². The zero-order chi connectivity index (χ0) is 15.4. The van der Waals surface area contributed by atoms with Crippen molar-refractivity contribution in [2.45, 2.75) is 77.1 Å². The van der Waals surface area contributed by atoms with Gasteiger partial charge in [0.25, 0.3) is 0 Å². The molecule has 0 atom stereocenters. The third kappa shape index (κ3) is 15.6. The van der Waals surface area contributed by atoms with E-state index >= 15 is 0 Å². The fourth-order valence-corrected chi connectivity index (χ4v) is 1.38. The molecule has 0 saturated heterocycles. The molecule has 0 radical (unpaired) electrons. The average Bonchev–Trinajstić information content (AvgIpc) is 2.26. The van der Waals surface area contributed by atoms with E-state index in [1.165, 1.54) is 57.8 Å². The van der Waals surface area contributed by atoms with Crippen LogP contribution in [0.1, 0.15) is 71.6 Å². The Kier molecular flexibility index (Phi) is 12.7. The number of hydrogen-bond donors (Lipinski definition) is 1. The molecule has 1 N–H and O–H groups in total. The third-order valence-electron chi connectivity index (χ3n) is 2.50. The Morgan fingerprint density at radius 2 is 1.00 bits per heavy atom. The highest BCUT2D eigenvalue weighted by Gasteiger charge is 2.44. The largest absolute Gasteiger partial charge is 0.522 e. The van der Waals surface area contributed by atoms with E-state index in [2.05, 4.69) is 13.8 Å². The summed E-state index contributed by atoms with van der Waals surface area (Å²) in [4.78, 5) is 0. The lowest BCUT2D eigenvalue weighted by atomic mass is 10.1. The summed E-state index contributed by atoms with van der Waals surface area (Å²) < 4.78 is 57.5. The molecule has 0 aliphatic rings. The van der Waals surface area contributed by atoms with Crippen molar-refractivity contribution in [3.63, 3.8) is 0 Å². The van der Waals surface area contributed by atoms with Gasteiger partial charge in [0.1, 0.15) is 0 Å². The Labute approximate surface area is 114 Å². The van der Waals surface area contributed by atoms with Crippen LogP contribution in [0.2, 0.25) is 0 Å². The van der Waals surface area contributed by atoms with E-state index in [0.29, 0.717) is 0 Å². The van der Waals surface area contributed by atoms with Gasteiger partial charge in [-0.25, -0.2) is 0 Å². The van der Waals surface area contributed by atoms with Gasteiger partial charge in [-0.1, -0.05) is 71.6 Å². The van der Waals surface area contributed by atoms with Crippen molar-refractivity contribution >= 4 is 10.1 Å². The van der Waals surface area contributed by atoms with Crippen LogP contribution in [0, 0.1) is 0 Å². The minimum atomic E-state index is -5.84. The van der Waals surface area contributed by atoms with Crippen LogP contribution in [0.3, 0.4) is 0 Å². The van der Waals surface area contributed by atoms with E-state index in [4.69, 9.17) is 13.0 Å². The summed E-state index contributed by atoms with van der Waals surface area (Å²) in [5.41, 5.74) is -5.53. The first kappa shape index (κ1) is 21.0. The van der Waals surface area contributed by atoms with E-state index in [0.717, 1.165) is 0 Å². The fourth-order valence-electron chi connectivity index (χ4n) is 1.38. The van der Waals surface area contributed by atoms with Crippen LogP contribution in [-0.2, 0) is 10.1 Å². The van der Waals surface area contributed by atoms with E-state index in [-0.39, 0.29) is 0 Å². The molecule has 0 aliphatic carbocycles. The molecule has 0 heterocycles. The van der Waals surface area contributed by atoms with Gasteiger partial charge in [0.15, 0.2) is 0 Å². The molecule has 0 saturated carbocycles. The van der Waals surface area contributed by atoms with Gasteiger partial charge in [-0.15, -0.1) is 0 Å². The Balaban J connectivity index is 0. The van der Waals surface area contributed by atoms with Crippen LogP contribution in [-0.4, -0.2) is 18.5 Å². The van der Waals surface area contributed by atoms with Gasteiger partial charge in [0.2, 0.25) is 0 Å². The van der Waals surface area contributed by atoms with E-state index in [1.807, 2.05) is 0 Å². The van der Waals surface area contributed by atoms with Gasteiger partial charge in [0.05, 0.1) is 0 Å². The standard InChI is InChI=1S/C11H24.CHF3O3S/c1-3-5-7-9-11-10-8-6-4-2;2-1(3,4)8(5,6)7/h3-11H2,1-2H3;(H,5,6,7). The third-order valence-corrected chi connectivity index (χ3v) is 3.08. The van der Waals surface area contributed by atoms with Gasteiger partial charge >= 0.3 is 15.6 Å². The van der Waals surface area contributed by atoms with Crippen molar-refractivity contribution in [3.05, 3.63) is 0 Å². The average molecular weight is 306 g/mol. The van der Waals surface area contributed by atoms with Crippen LogP contribution in [0.25, 0.3) is 0 Å². The molecule has 0 bridgehead atoms. The predicted molar refractivity (Wildman–Crippen MR) is 70.5 cm³/mol. The Morgan fingerprint density at radius 1 is 0.789 bits per heavy atom. The first-order chi connectivity index (χ1) is 8.66. The minimum Gasteiger partial charge on any atom is -0.279 e. The number of hydrogen-bond acceptors (Lipinski definition) is 2. The van der Waals surface area contributed by atoms with Crippen LogP contribution in [0.5, 0.6) is 0 Å². The highest BCUT2D eigenvalue weighted by Crippen LogP contribution is 2.20. The smallest absolute Gasteiger partial charge is 0.279 e. The first-order valence-electron chi connectivity index (χ1n) is 6.70. The van der Waals surface area contributed by atoms with Gasteiger partial charge in [-0.2, -0.15) is 21.6 Å². The van der Waals surface area contributed by atoms with Crippen LogP contribution in [0.4, 0.5) is 13.2 Å². The van der Waals surface area contributed by atoms with Gasteiger partial charge in [-0.05, 0) is 0 Å². The second-order valence-corrected chi connectivity index (χ2v) is 5.81. The van der Waals surface area contributed by atoms with Crippen molar-refractivity contribution in [1.29, 1.82) is 0 Å². The molecule has 118 valence electrons. The lowest BCUT2D eigenvalue weighted by molar-refractivity contribution is -0.0510.